The smallest absolute Gasteiger partial charge is 0.274 e. The number of nitrogens with zero attached hydrogens (tertiary/aromatic N) is 3. The maximum atomic E-state index is 12.7. The zero-order valence-corrected chi connectivity index (χ0v) is 17.3. The molecule has 1 amide bonds. The molecule has 1 unspecified atom stereocenters. The molecule has 0 aliphatic heterocycles. The standard InChI is InChI=1S/C22H32N4O2/c1-4-28-14-8-13-23-18-11-12-20-19(15-18)21(22(27)25(2)3)24-26(20)16-17-9-6-5-7-10-17/h5-7,9-10,18,23H,4,8,11-16H2,1-3H3. The van der Waals surface area contributed by atoms with Gasteiger partial charge in [-0.05, 0) is 44.7 Å². The monoisotopic (exact) mass is 384 g/mol. The Morgan fingerprint density at radius 1 is 1.32 bits per heavy atom. The zero-order chi connectivity index (χ0) is 19.9. The minimum Gasteiger partial charge on any atom is -0.382 e. The van der Waals surface area contributed by atoms with Crippen molar-refractivity contribution < 1.29 is 9.53 Å². The van der Waals surface area contributed by atoms with Gasteiger partial charge in [0.25, 0.3) is 5.91 Å². The normalized spacial score (nSPS) is 16.0. The Kier molecular flexibility index (Phi) is 7.23. The molecule has 2 aromatic rings. The van der Waals surface area contributed by atoms with E-state index in [4.69, 9.17) is 9.84 Å². The van der Waals surface area contributed by atoms with Gasteiger partial charge in [0.1, 0.15) is 0 Å². The van der Waals surface area contributed by atoms with Crippen LogP contribution in [-0.2, 0) is 24.1 Å². The second kappa shape index (κ2) is 9.85. The summed E-state index contributed by atoms with van der Waals surface area (Å²) in [5, 5.41) is 8.37. The van der Waals surface area contributed by atoms with E-state index in [9.17, 15) is 4.79 Å². The Morgan fingerprint density at radius 2 is 2.11 bits per heavy atom. The summed E-state index contributed by atoms with van der Waals surface area (Å²) in [7, 11) is 3.58. The van der Waals surface area contributed by atoms with Gasteiger partial charge in [-0.1, -0.05) is 30.3 Å². The Bertz CT molecular complexity index is 770. The molecule has 0 radical (unpaired) electrons. The number of aromatic nitrogens is 2. The van der Waals surface area contributed by atoms with Crippen LogP contribution in [0.2, 0.25) is 0 Å². The van der Waals surface area contributed by atoms with Gasteiger partial charge in [0.05, 0.1) is 6.54 Å². The number of rotatable bonds is 9. The summed E-state index contributed by atoms with van der Waals surface area (Å²) in [5.74, 6) is -0.0138. The fraction of sp³-hybridized carbons (Fsp3) is 0.545. The number of carbonyl (C=O) groups is 1. The van der Waals surface area contributed by atoms with Crippen molar-refractivity contribution in [1.82, 2.24) is 20.0 Å². The van der Waals surface area contributed by atoms with Crippen LogP contribution in [-0.4, -0.2) is 60.5 Å². The summed E-state index contributed by atoms with van der Waals surface area (Å²) in [6.45, 7) is 5.22. The lowest BCUT2D eigenvalue weighted by Gasteiger charge is -2.25. The average Bonchev–Trinajstić information content (AvgIpc) is 3.05. The highest BCUT2D eigenvalue weighted by Gasteiger charge is 2.29. The summed E-state index contributed by atoms with van der Waals surface area (Å²) >= 11 is 0. The first-order valence-electron chi connectivity index (χ1n) is 10.3. The largest absolute Gasteiger partial charge is 0.382 e. The highest BCUT2D eigenvalue weighted by atomic mass is 16.5. The number of hydrogen-bond acceptors (Lipinski definition) is 4. The zero-order valence-electron chi connectivity index (χ0n) is 17.3. The van der Waals surface area contributed by atoms with E-state index in [1.807, 2.05) is 29.8 Å². The van der Waals surface area contributed by atoms with E-state index in [0.29, 0.717) is 18.3 Å². The fourth-order valence-electron chi connectivity index (χ4n) is 3.76. The topological polar surface area (TPSA) is 59.4 Å². The van der Waals surface area contributed by atoms with Gasteiger partial charge in [-0.2, -0.15) is 5.10 Å². The van der Waals surface area contributed by atoms with Gasteiger partial charge in [0, 0.05) is 44.6 Å². The summed E-state index contributed by atoms with van der Waals surface area (Å²) in [6, 6.07) is 10.7. The maximum absolute atomic E-state index is 12.7. The molecule has 1 atom stereocenters. The van der Waals surface area contributed by atoms with E-state index in [2.05, 4.69) is 17.4 Å². The number of carbonyl (C=O) groups excluding carboxylic acids is 1. The molecule has 1 N–H and O–H groups in total. The average molecular weight is 385 g/mol. The van der Waals surface area contributed by atoms with Crippen LogP contribution < -0.4 is 5.32 Å². The molecule has 152 valence electrons. The predicted octanol–water partition coefficient (Wildman–Crippen LogP) is 2.51. The first kappa shape index (κ1) is 20.6. The second-order valence-electron chi connectivity index (χ2n) is 7.56. The molecule has 0 saturated carbocycles. The first-order chi connectivity index (χ1) is 13.6. The third kappa shape index (κ3) is 5.00. The van der Waals surface area contributed by atoms with Crippen molar-refractivity contribution in [3.8, 4) is 0 Å². The van der Waals surface area contributed by atoms with Crippen molar-refractivity contribution in [2.45, 2.75) is 45.2 Å². The first-order valence-corrected chi connectivity index (χ1v) is 10.3. The number of ether oxygens (including phenoxy) is 1. The number of nitrogens with one attached hydrogen (secondary N) is 1. The van der Waals surface area contributed by atoms with Gasteiger partial charge in [0.15, 0.2) is 5.69 Å². The Labute approximate surface area is 167 Å². The summed E-state index contributed by atoms with van der Waals surface area (Å²) in [6.07, 6.45) is 3.87. The number of fused-ring (bicyclic) bond motifs is 1. The molecule has 28 heavy (non-hydrogen) atoms. The number of benzene rings is 1. The molecule has 0 spiro atoms. The molecule has 3 rings (SSSR count). The fourth-order valence-corrected chi connectivity index (χ4v) is 3.76. The lowest BCUT2D eigenvalue weighted by Crippen LogP contribution is -2.36. The SMILES string of the molecule is CCOCCCNC1CCc2c(c(C(=O)N(C)C)nn2Cc2ccccc2)C1. The van der Waals surface area contributed by atoms with Gasteiger partial charge in [-0.15, -0.1) is 0 Å². The van der Waals surface area contributed by atoms with Crippen molar-refractivity contribution in [3.05, 3.63) is 52.8 Å². The minimum atomic E-state index is -0.0138. The van der Waals surface area contributed by atoms with Crippen LogP contribution in [0, 0.1) is 0 Å². The van der Waals surface area contributed by atoms with Crippen LogP contribution in [0.3, 0.4) is 0 Å². The lowest BCUT2D eigenvalue weighted by molar-refractivity contribution is 0.0820. The minimum absolute atomic E-state index is 0.0138. The molecule has 1 aromatic carbocycles. The maximum Gasteiger partial charge on any atom is 0.274 e. The van der Waals surface area contributed by atoms with Gasteiger partial charge in [0.2, 0.25) is 0 Å². The molecular weight excluding hydrogens is 352 g/mol. The molecule has 1 heterocycles. The molecule has 1 aromatic heterocycles. The van der Waals surface area contributed by atoms with E-state index in [1.165, 1.54) is 11.3 Å². The van der Waals surface area contributed by atoms with E-state index >= 15 is 0 Å². The molecule has 1 aliphatic rings. The Balaban J connectivity index is 1.76. The number of amides is 1. The summed E-state index contributed by atoms with van der Waals surface area (Å²) in [5.41, 5.74) is 4.13. The third-order valence-electron chi connectivity index (χ3n) is 5.23. The van der Waals surface area contributed by atoms with Crippen LogP contribution in [0.25, 0.3) is 0 Å². The van der Waals surface area contributed by atoms with Crippen LogP contribution in [0.4, 0.5) is 0 Å². The van der Waals surface area contributed by atoms with Gasteiger partial charge in [-0.3, -0.25) is 9.48 Å². The molecule has 6 heteroatoms. The summed E-state index contributed by atoms with van der Waals surface area (Å²) < 4.78 is 7.45. The highest BCUT2D eigenvalue weighted by Crippen LogP contribution is 2.26. The molecule has 6 nitrogen and oxygen atoms in total. The molecule has 0 fully saturated rings. The highest BCUT2D eigenvalue weighted by molar-refractivity contribution is 5.93. The van der Waals surface area contributed by atoms with Crippen LogP contribution in [0.5, 0.6) is 0 Å². The van der Waals surface area contributed by atoms with Crippen molar-refractivity contribution in [1.29, 1.82) is 0 Å². The molecule has 0 saturated heterocycles. The van der Waals surface area contributed by atoms with Gasteiger partial charge >= 0.3 is 0 Å². The number of hydrogen-bond donors (Lipinski definition) is 1. The molecular formula is C22H32N4O2. The van der Waals surface area contributed by atoms with Crippen molar-refractivity contribution in [3.63, 3.8) is 0 Å². The molecule has 0 bridgehead atoms. The van der Waals surface area contributed by atoms with Crippen molar-refractivity contribution in [2.24, 2.45) is 0 Å². The van der Waals surface area contributed by atoms with Crippen molar-refractivity contribution in [2.75, 3.05) is 33.9 Å². The van der Waals surface area contributed by atoms with Crippen molar-refractivity contribution >= 4 is 5.91 Å². The van der Waals surface area contributed by atoms with Gasteiger partial charge < -0.3 is 15.0 Å². The van der Waals surface area contributed by atoms with Crippen LogP contribution >= 0.6 is 0 Å². The Morgan fingerprint density at radius 3 is 2.82 bits per heavy atom. The van der Waals surface area contributed by atoms with E-state index in [-0.39, 0.29) is 5.91 Å². The van der Waals surface area contributed by atoms with E-state index in [1.54, 1.807) is 19.0 Å². The second-order valence-corrected chi connectivity index (χ2v) is 7.56. The predicted molar refractivity (Wildman–Crippen MR) is 111 cm³/mol. The van der Waals surface area contributed by atoms with Crippen LogP contribution in [0.1, 0.15) is 47.1 Å². The van der Waals surface area contributed by atoms with Crippen LogP contribution in [0.15, 0.2) is 30.3 Å². The summed E-state index contributed by atoms with van der Waals surface area (Å²) in [4.78, 5) is 14.4. The van der Waals surface area contributed by atoms with E-state index < -0.39 is 0 Å². The Hall–Kier alpha value is -2.18. The molecule has 1 aliphatic carbocycles. The lowest BCUT2D eigenvalue weighted by atomic mass is 9.91. The third-order valence-corrected chi connectivity index (χ3v) is 5.23. The quantitative estimate of drug-likeness (QED) is 0.675. The van der Waals surface area contributed by atoms with Gasteiger partial charge in [-0.25, -0.2) is 0 Å². The van der Waals surface area contributed by atoms with E-state index in [0.717, 1.165) is 51.0 Å².